The van der Waals surface area contributed by atoms with Gasteiger partial charge < -0.3 is 79.9 Å². The fourth-order valence-electron chi connectivity index (χ4n) is 9.76. The Morgan fingerprint density at radius 3 is 0.511 bits per heavy atom. The molecule has 0 radical (unpaired) electrons. The Kier molecular flexibility index (Phi) is 28.8. The van der Waals surface area contributed by atoms with Crippen molar-refractivity contribution in [1.82, 2.24) is 0 Å². The average molecular weight is 1330 g/mol. The van der Waals surface area contributed by atoms with Crippen LogP contribution in [0.2, 0.25) is 0 Å². The molecule has 0 spiro atoms. The number of carboxylic acids is 11. The number of ether oxygens (including phenoxy) is 5. The summed E-state index contributed by atoms with van der Waals surface area (Å²) in [5, 5.41) is 113. The number of benzene rings is 3. The summed E-state index contributed by atoms with van der Waals surface area (Å²) < 4.78 is 25.5. The molecule has 0 saturated carbocycles. The van der Waals surface area contributed by atoms with Crippen LogP contribution in [0.3, 0.4) is 0 Å². The fourth-order valence-corrected chi connectivity index (χ4v) is 9.76. The van der Waals surface area contributed by atoms with Crippen LogP contribution in [-0.2, 0) is 23.7 Å². The largest absolute Gasteiger partial charge is 0.478 e. The van der Waals surface area contributed by atoms with Crippen molar-refractivity contribution in [2.75, 3.05) is 19.8 Å². The standard InChI is InChI=1S/C60H62O34/c1-4-7-10-13-16-19-22-90-54(83)38-35(53(81)82)39(59(88)93-57(86)36-31(49(73)74)27(45(65)66)25(43(61)62)28(46(67)68)32(36)50(75)76)42(41(56(85)92-24-21-18-15-12-9-6-3)40(38)55(84)91-23-20-17-14-11-8-5-2)60(89)94-58(87)37-33(51(77)78)29(47(69)70)26(44(63)64)30(48(71)72)34(37)52(79)80/h4-24H2,1-3H3,(H,61,62)(H,63,64)(H,65,66)(H,67,68)(H,69,70)(H,71,72)(H,73,74)(H,75,76)(H,77,78)(H,79,80)(H,81,82). The van der Waals surface area contributed by atoms with Gasteiger partial charge in [0.25, 0.3) is 0 Å². The van der Waals surface area contributed by atoms with E-state index in [2.05, 4.69) is 0 Å². The highest BCUT2D eigenvalue weighted by atomic mass is 16.6. The second-order valence-electron chi connectivity index (χ2n) is 20.2. The van der Waals surface area contributed by atoms with Gasteiger partial charge >= 0.3 is 107 Å². The molecule has 506 valence electrons. The van der Waals surface area contributed by atoms with Crippen LogP contribution >= 0.6 is 0 Å². The summed E-state index contributed by atoms with van der Waals surface area (Å²) in [5.41, 5.74) is -39.8. The Labute approximate surface area is 528 Å². The summed E-state index contributed by atoms with van der Waals surface area (Å²) in [6.45, 7) is 3.33. The van der Waals surface area contributed by atoms with Gasteiger partial charge in [-0.3, -0.25) is 0 Å². The fraction of sp³-hybridized carbons (Fsp3) is 0.400. The number of aromatic carboxylic acids is 11. The van der Waals surface area contributed by atoms with Gasteiger partial charge in [0.05, 0.1) is 120 Å². The molecule has 3 rings (SSSR count). The topological polar surface area (TPSA) is 576 Å². The maximum Gasteiger partial charge on any atom is 0.347 e. The van der Waals surface area contributed by atoms with Crippen molar-refractivity contribution >= 4 is 107 Å². The van der Waals surface area contributed by atoms with Gasteiger partial charge in [-0.05, 0) is 19.3 Å². The van der Waals surface area contributed by atoms with Crippen LogP contribution in [0, 0.1) is 0 Å². The number of rotatable bonds is 39. The molecule has 0 atom stereocenters. The third kappa shape index (κ3) is 18.1. The van der Waals surface area contributed by atoms with Crippen molar-refractivity contribution < 1.29 is 166 Å². The first-order valence-electron chi connectivity index (χ1n) is 28.6. The second-order valence-corrected chi connectivity index (χ2v) is 20.2. The van der Waals surface area contributed by atoms with Crippen molar-refractivity contribution in [3.63, 3.8) is 0 Å². The van der Waals surface area contributed by atoms with E-state index in [-0.39, 0.29) is 38.5 Å². The number of carboxylic acid groups (broad SMARTS) is 11. The number of hydrogen-bond donors (Lipinski definition) is 11. The average Bonchev–Trinajstić information content (AvgIpc) is 0.746. The van der Waals surface area contributed by atoms with Gasteiger partial charge in [-0.2, -0.15) is 0 Å². The number of esters is 7. The van der Waals surface area contributed by atoms with Gasteiger partial charge in [-0.25, -0.2) is 86.3 Å². The molecule has 0 amide bonds. The van der Waals surface area contributed by atoms with Crippen LogP contribution in [0.4, 0.5) is 0 Å². The Bertz CT molecular complexity index is 3550. The van der Waals surface area contributed by atoms with Crippen LogP contribution in [0.5, 0.6) is 0 Å². The van der Waals surface area contributed by atoms with E-state index < -0.39 is 227 Å². The molecule has 0 aliphatic rings. The first-order valence-corrected chi connectivity index (χ1v) is 28.6. The molecule has 0 heterocycles. The zero-order valence-corrected chi connectivity index (χ0v) is 50.2. The highest BCUT2D eigenvalue weighted by Crippen LogP contribution is 2.37. The molecule has 0 aliphatic heterocycles. The summed E-state index contributed by atoms with van der Waals surface area (Å²) in [6.07, 6.45) is 8.21. The van der Waals surface area contributed by atoms with E-state index in [1.54, 1.807) is 0 Å². The van der Waals surface area contributed by atoms with Crippen LogP contribution in [-0.4, -0.2) is 183 Å². The normalized spacial score (nSPS) is 10.7. The third-order valence-corrected chi connectivity index (χ3v) is 13.8. The molecule has 0 saturated heterocycles. The summed E-state index contributed by atoms with van der Waals surface area (Å²) in [7, 11) is 0. The van der Waals surface area contributed by atoms with Crippen molar-refractivity contribution in [3.8, 4) is 0 Å². The maximum absolute atomic E-state index is 15.3. The van der Waals surface area contributed by atoms with Gasteiger partial charge in [-0.1, -0.05) is 117 Å². The van der Waals surface area contributed by atoms with Crippen LogP contribution < -0.4 is 0 Å². The van der Waals surface area contributed by atoms with E-state index in [0.717, 1.165) is 32.1 Å². The lowest BCUT2D eigenvalue weighted by atomic mass is 9.85. The van der Waals surface area contributed by atoms with E-state index in [0.29, 0.717) is 44.9 Å². The summed E-state index contributed by atoms with van der Waals surface area (Å²) in [6, 6.07) is 0. The Hall–Kier alpha value is -11.5. The minimum absolute atomic E-state index is 0.0702. The monoisotopic (exact) mass is 1330 g/mol. The molecule has 0 aliphatic carbocycles. The quantitative estimate of drug-likeness (QED) is 0.0112. The molecule has 0 fully saturated rings. The van der Waals surface area contributed by atoms with E-state index in [1.807, 2.05) is 20.8 Å². The van der Waals surface area contributed by atoms with Crippen molar-refractivity contribution in [2.24, 2.45) is 0 Å². The number of carbonyl (C=O) groups is 18. The molecule has 0 bridgehead atoms. The molecule has 34 heteroatoms. The number of carbonyl (C=O) groups excluding carboxylic acids is 7. The van der Waals surface area contributed by atoms with Gasteiger partial charge in [0.15, 0.2) is 0 Å². The lowest BCUT2D eigenvalue weighted by Gasteiger charge is -2.22. The van der Waals surface area contributed by atoms with Crippen molar-refractivity contribution in [1.29, 1.82) is 0 Å². The summed E-state index contributed by atoms with van der Waals surface area (Å²) in [5.74, 6) is -48.6. The van der Waals surface area contributed by atoms with Crippen LogP contribution in [0.15, 0.2) is 0 Å². The first-order chi connectivity index (χ1) is 44.2. The molecule has 34 nitrogen and oxygen atoms in total. The molecule has 94 heavy (non-hydrogen) atoms. The number of unbranched alkanes of at least 4 members (excludes halogenated alkanes) is 15. The lowest BCUT2D eigenvalue weighted by molar-refractivity contribution is 0.0339. The highest BCUT2D eigenvalue weighted by molar-refractivity contribution is 6.29. The highest BCUT2D eigenvalue weighted by Gasteiger charge is 2.48. The van der Waals surface area contributed by atoms with Crippen LogP contribution in [0.1, 0.15) is 323 Å². The zero-order chi connectivity index (χ0) is 71.2. The summed E-state index contributed by atoms with van der Waals surface area (Å²) in [4.78, 5) is 245. The minimum atomic E-state index is -2.99. The molecule has 3 aromatic carbocycles. The predicted octanol–water partition coefficient (Wildman–Crippen LogP) is 7.91. The van der Waals surface area contributed by atoms with Gasteiger partial charge in [0.1, 0.15) is 0 Å². The zero-order valence-electron chi connectivity index (χ0n) is 50.2. The SMILES string of the molecule is CCCCCCCCOC(=O)c1c(C(=O)O)c(C(=O)OC(=O)c2c(C(=O)O)c(C(=O)O)c(C(=O)O)c(C(=O)O)c2C(=O)O)c(C(=O)OC(=O)c2c(C(=O)O)c(C(=O)O)c(C(=O)O)c(C(=O)O)c2C(=O)O)c(C(=O)OCCCCCCCC)c1C(=O)OCCCCCCCC. The molecule has 11 N–H and O–H groups in total. The number of hydrogen-bond acceptors (Lipinski definition) is 23. The summed E-state index contributed by atoms with van der Waals surface area (Å²) >= 11 is 0. The van der Waals surface area contributed by atoms with E-state index in [4.69, 9.17) is 23.7 Å². The molecular formula is C60H62O34. The second kappa shape index (κ2) is 35.2. The minimum Gasteiger partial charge on any atom is -0.478 e. The smallest absolute Gasteiger partial charge is 0.347 e. The van der Waals surface area contributed by atoms with E-state index >= 15 is 14.4 Å². The molecular weight excluding hydrogens is 1260 g/mol. The molecule has 3 aromatic rings. The predicted molar refractivity (Wildman–Crippen MR) is 306 cm³/mol. The molecule has 0 unspecified atom stereocenters. The van der Waals surface area contributed by atoms with E-state index in [1.165, 1.54) is 0 Å². The maximum atomic E-state index is 15.3. The lowest BCUT2D eigenvalue weighted by Crippen LogP contribution is -2.33. The van der Waals surface area contributed by atoms with Crippen molar-refractivity contribution in [3.05, 3.63) is 100 Å². The Balaban J connectivity index is 2.92. The van der Waals surface area contributed by atoms with Gasteiger partial charge in [0, 0.05) is 0 Å². The van der Waals surface area contributed by atoms with Crippen LogP contribution in [0.25, 0.3) is 0 Å². The Morgan fingerprint density at radius 1 is 0.191 bits per heavy atom. The Morgan fingerprint density at radius 2 is 0.319 bits per heavy atom. The van der Waals surface area contributed by atoms with Gasteiger partial charge in [-0.15, -0.1) is 0 Å². The third-order valence-electron chi connectivity index (χ3n) is 13.8. The van der Waals surface area contributed by atoms with Gasteiger partial charge in [0.2, 0.25) is 0 Å². The van der Waals surface area contributed by atoms with E-state index in [9.17, 15) is 128 Å². The molecule has 0 aromatic heterocycles. The van der Waals surface area contributed by atoms with Crippen molar-refractivity contribution in [2.45, 2.75) is 136 Å². The first kappa shape index (κ1) is 76.8.